The summed E-state index contributed by atoms with van der Waals surface area (Å²) in [5, 5.41) is 4.22. The molecular weight excluding hydrogens is 328 g/mol. The van der Waals surface area contributed by atoms with E-state index in [1.807, 2.05) is 23.9 Å². The first kappa shape index (κ1) is 17.2. The van der Waals surface area contributed by atoms with Gasteiger partial charge in [-0.15, -0.1) is 0 Å². The Morgan fingerprint density at radius 1 is 1.33 bits per heavy atom. The highest BCUT2D eigenvalue weighted by atomic mass is 32.2. The Bertz CT molecular complexity index is 780. The van der Waals surface area contributed by atoms with Gasteiger partial charge in [-0.3, -0.25) is 9.58 Å². The maximum absolute atomic E-state index is 12.3. The number of hydrogen-bond donors (Lipinski definition) is 0. The Kier molecular flexibility index (Phi) is 4.80. The van der Waals surface area contributed by atoms with Gasteiger partial charge in [-0.1, -0.05) is 0 Å². The minimum atomic E-state index is -3.22. The van der Waals surface area contributed by atoms with E-state index >= 15 is 0 Å². The van der Waals surface area contributed by atoms with E-state index in [1.54, 1.807) is 30.7 Å². The summed E-state index contributed by atoms with van der Waals surface area (Å²) in [6.07, 6.45) is 3.41. The Balaban J connectivity index is 1.67. The molecule has 0 spiro atoms. The first-order valence-corrected chi connectivity index (χ1v) is 9.61. The van der Waals surface area contributed by atoms with Gasteiger partial charge in [0, 0.05) is 25.2 Å². The minimum absolute atomic E-state index is 0.396. The molecule has 0 aromatic carbocycles. The van der Waals surface area contributed by atoms with Crippen LogP contribution in [0.4, 0.5) is 0 Å². The van der Waals surface area contributed by atoms with Gasteiger partial charge in [0.05, 0.1) is 42.3 Å². The number of hydrogen-bond acceptors (Lipinski definition) is 5. The van der Waals surface area contributed by atoms with Gasteiger partial charge in [0.1, 0.15) is 0 Å². The molecule has 3 rings (SSSR count). The monoisotopic (exact) mass is 352 g/mol. The van der Waals surface area contributed by atoms with E-state index in [4.69, 9.17) is 4.42 Å². The normalized spacial score (nSPS) is 16.0. The molecule has 8 heteroatoms. The van der Waals surface area contributed by atoms with Crippen molar-refractivity contribution in [3.8, 4) is 0 Å². The van der Waals surface area contributed by atoms with Crippen LogP contribution in [0.1, 0.15) is 30.8 Å². The molecule has 132 valence electrons. The topological polar surface area (TPSA) is 71.6 Å². The van der Waals surface area contributed by atoms with Gasteiger partial charge in [0.25, 0.3) is 0 Å². The van der Waals surface area contributed by atoms with Crippen LogP contribution < -0.4 is 0 Å². The third kappa shape index (κ3) is 3.55. The van der Waals surface area contributed by atoms with Crippen molar-refractivity contribution in [3.05, 3.63) is 41.6 Å². The van der Waals surface area contributed by atoms with E-state index in [2.05, 4.69) is 10.00 Å². The molecular formula is C16H24N4O3S. The summed E-state index contributed by atoms with van der Waals surface area (Å²) in [5.74, 6) is 0. The third-order valence-electron chi connectivity index (χ3n) is 4.23. The van der Waals surface area contributed by atoms with E-state index in [1.165, 1.54) is 0 Å². The van der Waals surface area contributed by atoms with Crippen LogP contribution in [0.15, 0.2) is 29.1 Å². The molecule has 0 saturated heterocycles. The summed E-state index contributed by atoms with van der Waals surface area (Å²) in [7, 11) is -1.19. The molecule has 1 aliphatic rings. The molecule has 7 nitrogen and oxygen atoms in total. The zero-order valence-corrected chi connectivity index (χ0v) is 15.2. The zero-order valence-electron chi connectivity index (χ0n) is 14.3. The number of aromatic nitrogens is 2. The Labute approximate surface area is 142 Å². The van der Waals surface area contributed by atoms with Crippen molar-refractivity contribution in [1.82, 2.24) is 19.0 Å². The molecule has 0 bridgehead atoms. The standard InChI is InChI=1S/C16H24N4O3S/c1-13(2)24(21,22)19-5-6-20-16(11-19)8-15(17-20)10-18(3)9-14-4-7-23-12-14/h4,7-8,12-13H,5-6,9-11H2,1-3H3. The highest BCUT2D eigenvalue weighted by Crippen LogP contribution is 2.20. The van der Waals surface area contributed by atoms with Crippen LogP contribution in [0, 0.1) is 0 Å². The molecule has 0 fully saturated rings. The Morgan fingerprint density at radius 3 is 2.79 bits per heavy atom. The lowest BCUT2D eigenvalue weighted by Gasteiger charge is -2.28. The van der Waals surface area contributed by atoms with Crippen molar-refractivity contribution in [2.75, 3.05) is 13.6 Å². The predicted octanol–water partition coefficient (Wildman–Crippen LogP) is 1.66. The number of nitrogens with zero attached hydrogens (tertiary/aromatic N) is 4. The molecule has 0 saturated carbocycles. The van der Waals surface area contributed by atoms with E-state index in [9.17, 15) is 8.42 Å². The van der Waals surface area contributed by atoms with Gasteiger partial charge in [-0.25, -0.2) is 8.42 Å². The van der Waals surface area contributed by atoms with Crippen molar-refractivity contribution < 1.29 is 12.8 Å². The lowest BCUT2D eigenvalue weighted by Crippen LogP contribution is -2.41. The highest BCUT2D eigenvalue weighted by Gasteiger charge is 2.30. The van der Waals surface area contributed by atoms with E-state index in [-0.39, 0.29) is 0 Å². The van der Waals surface area contributed by atoms with Crippen LogP contribution >= 0.6 is 0 Å². The van der Waals surface area contributed by atoms with Crippen LogP contribution in [0.2, 0.25) is 0 Å². The molecule has 0 aliphatic carbocycles. The Hall–Kier alpha value is -1.64. The SMILES string of the molecule is CC(C)S(=O)(=O)N1CCn2nc(CN(C)Cc3ccoc3)cc2C1. The lowest BCUT2D eigenvalue weighted by atomic mass is 10.3. The van der Waals surface area contributed by atoms with Crippen molar-refractivity contribution in [1.29, 1.82) is 0 Å². The molecule has 0 radical (unpaired) electrons. The van der Waals surface area contributed by atoms with Gasteiger partial charge >= 0.3 is 0 Å². The minimum Gasteiger partial charge on any atom is -0.472 e. The van der Waals surface area contributed by atoms with Crippen LogP contribution in [0.5, 0.6) is 0 Å². The summed E-state index contributed by atoms with van der Waals surface area (Å²) >= 11 is 0. The molecule has 3 heterocycles. The maximum Gasteiger partial charge on any atom is 0.216 e. The molecule has 0 atom stereocenters. The number of fused-ring (bicyclic) bond motifs is 1. The zero-order chi connectivity index (χ0) is 17.3. The van der Waals surface area contributed by atoms with Crippen LogP contribution in [0.25, 0.3) is 0 Å². The molecule has 0 unspecified atom stereocenters. The molecule has 2 aromatic rings. The average molecular weight is 352 g/mol. The highest BCUT2D eigenvalue weighted by molar-refractivity contribution is 7.89. The summed E-state index contributed by atoms with van der Waals surface area (Å²) in [4.78, 5) is 2.15. The van der Waals surface area contributed by atoms with Gasteiger partial charge in [0.15, 0.2) is 0 Å². The third-order valence-corrected chi connectivity index (χ3v) is 6.46. The van der Waals surface area contributed by atoms with Gasteiger partial charge in [-0.2, -0.15) is 9.40 Å². The number of furan rings is 1. The molecule has 1 aliphatic heterocycles. The van der Waals surface area contributed by atoms with Crippen LogP contribution in [-0.2, 0) is 36.2 Å². The second-order valence-electron chi connectivity index (χ2n) is 6.58. The second kappa shape index (κ2) is 6.70. The average Bonchev–Trinajstić information content (AvgIpc) is 3.14. The number of rotatable bonds is 6. The van der Waals surface area contributed by atoms with Gasteiger partial charge in [-0.05, 0) is 33.0 Å². The van der Waals surface area contributed by atoms with Crippen molar-refractivity contribution in [2.24, 2.45) is 0 Å². The van der Waals surface area contributed by atoms with Crippen molar-refractivity contribution >= 4 is 10.0 Å². The quantitative estimate of drug-likeness (QED) is 0.791. The summed E-state index contributed by atoms with van der Waals surface area (Å²) < 4.78 is 33.2. The molecule has 24 heavy (non-hydrogen) atoms. The van der Waals surface area contributed by atoms with E-state index in [0.29, 0.717) is 26.2 Å². The van der Waals surface area contributed by atoms with Gasteiger partial charge < -0.3 is 4.42 Å². The first-order chi connectivity index (χ1) is 11.4. The van der Waals surface area contributed by atoms with Crippen LogP contribution in [0.3, 0.4) is 0 Å². The second-order valence-corrected chi connectivity index (χ2v) is 9.07. The molecule has 0 amide bonds. The summed E-state index contributed by atoms with van der Waals surface area (Å²) in [6.45, 7) is 6.43. The predicted molar refractivity (Wildman–Crippen MR) is 90.6 cm³/mol. The first-order valence-electron chi connectivity index (χ1n) is 8.10. The van der Waals surface area contributed by atoms with Crippen molar-refractivity contribution in [2.45, 2.75) is 45.3 Å². The fraction of sp³-hybridized carbons (Fsp3) is 0.562. The summed E-state index contributed by atoms with van der Waals surface area (Å²) in [6, 6.07) is 3.96. The molecule has 0 N–H and O–H groups in total. The molecule has 2 aromatic heterocycles. The van der Waals surface area contributed by atoms with E-state index in [0.717, 1.165) is 23.5 Å². The van der Waals surface area contributed by atoms with Gasteiger partial charge in [0.2, 0.25) is 10.0 Å². The fourth-order valence-corrected chi connectivity index (χ4v) is 4.17. The van der Waals surface area contributed by atoms with E-state index < -0.39 is 15.3 Å². The lowest BCUT2D eigenvalue weighted by molar-refractivity contribution is 0.306. The largest absolute Gasteiger partial charge is 0.472 e. The Morgan fingerprint density at radius 2 is 2.12 bits per heavy atom. The number of sulfonamides is 1. The summed E-state index contributed by atoms with van der Waals surface area (Å²) in [5.41, 5.74) is 3.03. The van der Waals surface area contributed by atoms with Crippen LogP contribution in [-0.4, -0.2) is 46.2 Å². The maximum atomic E-state index is 12.3. The fourth-order valence-electron chi connectivity index (χ4n) is 2.92. The smallest absolute Gasteiger partial charge is 0.216 e. The van der Waals surface area contributed by atoms with Crippen molar-refractivity contribution in [3.63, 3.8) is 0 Å².